The van der Waals surface area contributed by atoms with E-state index in [0.29, 0.717) is 43.4 Å². The maximum atomic E-state index is 10.4. The lowest BCUT2D eigenvalue weighted by atomic mass is 10.0. The number of hydrogen-bond donors (Lipinski definition) is 19. The number of hydrogen-bond acceptors (Lipinski definition) is 19. The molecule has 1 aromatic rings. The Hall–Kier alpha value is -5.46. The number of carbonyl (C=O) groups is 8. The van der Waals surface area contributed by atoms with E-state index in [0.717, 1.165) is 12.0 Å². The van der Waals surface area contributed by atoms with E-state index in [2.05, 4.69) is 0 Å². The smallest absolute Gasteiger partial charge is 0.323 e. The molecule has 1 rings (SSSR count). The average Bonchev–Trinajstić information content (AvgIpc) is 3.25. The quantitative estimate of drug-likeness (QED) is 0.0632. The SMILES string of the molecule is CC(C)CC(N)C(=O)O.CC(C)CC(N)C(=O)O.CC(C)CC(N)C(=O)O.CC(O)C(N)C(=O)O.CCC(C)C(N)C(=O)O.NC(CO)C(=O)O.NC(CO)C(=O)O.NC(Cc1ccccc1)C(=O)O. The Bertz CT molecular complexity index is 1480. The third-order valence-electron chi connectivity index (χ3n) is 8.12. The Morgan fingerprint density at radius 1 is 0.414 bits per heavy atom. The van der Waals surface area contributed by atoms with Crippen LogP contribution in [-0.2, 0) is 44.8 Å². The minimum atomic E-state index is -1.18. The summed E-state index contributed by atoms with van der Waals surface area (Å²) >= 11 is 0. The van der Waals surface area contributed by atoms with Crippen LogP contribution >= 0.6 is 0 Å². The molecule has 27 heteroatoms. The second-order valence-corrected chi connectivity index (χ2v) is 16.5. The van der Waals surface area contributed by atoms with Gasteiger partial charge in [-0.25, -0.2) is 0 Å². The van der Waals surface area contributed by atoms with Crippen LogP contribution in [0.15, 0.2) is 30.3 Å². The molecule has 27 nitrogen and oxygen atoms in total. The molecule has 0 spiro atoms. The van der Waals surface area contributed by atoms with E-state index in [1.807, 2.05) is 85.7 Å². The first-order chi connectivity index (χ1) is 31.8. The zero-order valence-corrected chi connectivity index (χ0v) is 41.6. The van der Waals surface area contributed by atoms with Crippen molar-refractivity contribution in [3.63, 3.8) is 0 Å². The Labute approximate surface area is 409 Å². The van der Waals surface area contributed by atoms with Crippen LogP contribution in [0.3, 0.4) is 0 Å². The zero-order chi connectivity index (χ0) is 57.2. The summed E-state index contributed by atoms with van der Waals surface area (Å²) in [5.74, 6) is -7.00. The monoisotopic (exact) mass is 1020 g/mol. The standard InChI is InChI=1S/C9H11NO2.4C6H13NO2.C4H9NO3.2C3H7NO3/c10-8(9(11)12)6-7-4-2-1-3-5-7;3*1-4(2)3-5(7)6(8)9;1-3-4(2)5(7)6(8)9;1-2(6)3(5)4(7)8;2*4-2(1-5)3(6)7/h1-5,8H,6,10H2,(H,11,12);4*4-5H,3,7H2,1-2H3,(H,8,9);2-3,6H,5H2,1H3,(H,7,8);2*2,5H,1,4H2,(H,6,7). The fourth-order valence-corrected chi connectivity index (χ4v) is 3.64. The van der Waals surface area contributed by atoms with E-state index < -0.39 is 115 Å². The van der Waals surface area contributed by atoms with Gasteiger partial charge in [-0.1, -0.05) is 92.1 Å². The van der Waals surface area contributed by atoms with Gasteiger partial charge in [0.2, 0.25) is 0 Å². The van der Waals surface area contributed by atoms with Crippen LogP contribution in [0, 0.1) is 23.7 Å². The lowest BCUT2D eigenvalue weighted by Gasteiger charge is -2.11. The molecule has 0 heterocycles. The predicted octanol–water partition coefficient (Wildman–Crippen LogP) is -2.02. The van der Waals surface area contributed by atoms with Gasteiger partial charge in [0, 0.05) is 0 Å². The molecule has 0 fully saturated rings. The van der Waals surface area contributed by atoms with Gasteiger partial charge in [0.1, 0.15) is 48.3 Å². The Balaban J connectivity index is -0.000000130. The second kappa shape index (κ2) is 47.2. The molecule has 1 aromatic carbocycles. The van der Waals surface area contributed by atoms with E-state index in [1.54, 1.807) is 0 Å². The molecule has 0 amide bonds. The van der Waals surface area contributed by atoms with Gasteiger partial charge in [-0.2, -0.15) is 0 Å². The molecule has 0 aliphatic carbocycles. The van der Waals surface area contributed by atoms with Crippen molar-refractivity contribution in [3.05, 3.63) is 35.9 Å². The molecule has 0 radical (unpaired) electrons. The summed E-state index contributed by atoms with van der Waals surface area (Å²) < 4.78 is 0. The molecule has 0 aliphatic rings. The largest absolute Gasteiger partial charge is 0.480 e. The molecule has 0 aliphatic heterocycles. The highest BCUT2D eigenvalue weighted by Crippen LogP contribution is 2.05. The van der Waals surface area contributed by atoms with Crippen molar-refractivity contribution in [2.45, 2.75) is 149 Å². The van der Waals surface area contributed by atoms with Gasteiger partial charge in [-0.3, -0.25) is 38.4 Å². The van der Waals surface area contributed by atoms with Crippen LogP contribution in [0.25, 0.3) is 0 Å². The van der Waals surface area contributed by atoms with Gasteiger partial charge >= 0.3 is 47.8 Å². The highest BCUT2D eigenvalue weighted by Gasteiger charge is 2.18. The summed E-state index contributed by atoms with van der Waals surface area (Å²) in [7, 11) is 0. The Kier molecular flexibility index (Phi) is 53.1. The molecule has 27 N–H and O–H groups in total. The minimum absolute atomic E-state index is 0.0718. The van der Waals surface area contributed by atoms with Crippen LogP contribution in [0.5, 0.6) is 0 Å². The van der Waals surface area contributed by atoms with Crippen molar-refractivity contribution in [3.8, 4) is 0 Å². The number of carboxylic acid groups (broad SMARTS) is 8. The summed E-state index contributed by atoms with van der Waals surface area (Å²) in [5.41, 5.74) is 41.7. The number of benzene rings is 1. The number of aliphatic hydroxyl groups is 3. The van der Waals surface area contributed by atoms with E-state index in [1.165, 1.54) is 6.92 Å². The fraction of sp³-hybridized carbons (Fsp3) is 0.674. The van der Waals surface area contributed by atoms with Crippen molar-refractivity contribution >= 4 is 47.8 Å². The molecule has 70 heavy (non-hydrogen) atoms. The van der Waals surface area contributed by atoms with Gasteiger partial charge in [-0.05, 0) is 61.8 Å². The molecule has 0 saturated carbocycles. The molecular weight excluding hydrogens is 933 g/mol. The Morgan fingerprint density at radius 3 is 0.786 bits per heavy atom. The first kappa shape index (κ1) is 78.7. The summed E-state index contributed by atoms with van der Waals surface area (Å²) in [6.07, 6.45) is 1.87. The van der Waals surface area contributed by atoms with Crippen LogP contribution < -0.4 is 45.9 Å². The molecule has 412 valence electrons. The number of rotatable bonds is 21. The minimum Gasteiger partial charge on any atom is -0.480 e. The summed E-state index contributed by atoms with van der Waals surface area (Å²) in [6, 6.07) is 2.37. The summed E-state index contributed by atoms with van der Waals surface area (Å²) in [5, 5.41) is 90.1. The third kappa shape index (κ3) is 56.9. The van der Waals surface area contributed by atoms with E-state index in [4.69, 9.17) is 102 Å². The summed E-state index contributed by atoms with van der Waals surface area (Å²) in [6.45, 7) is 15.8. The van der Waals surface area contributed by atoms with E-state index in [-0.39, 0.29) is 5.92 Å². The first-order valence-electron chi connectivity index (χ1n) is 21.6. The molecular formula is C43H86N8O19. The molecule has 10 atom stereocenters. The molecule has 10 unspecified atom stereocenters. The predicted molar refractivity (Wildman–Crippen MR) is 259 cm³/mol. The number of aliphatic hydroxyl groups excluding tert-OH is 3. The molecule has 0 bridgehead atoms. The van der Waals surface area contributed by atoms with Crippen LogP contribution in [0.1, 0.15) is 93.6 Å². The molecule has 0 saturated heterocycles. The normalized spacial score (nSPS) is 14.3. The van der Waals surface area contributed by atoms with Crippen molar-refractivity contribution in [1.82, 2.24) is 0 Å². The van der Waals surface area contributed by atoms with E-state index in [9.17, 15) is 38.4 Å². The fourth-order valence-electron chi connectivity index (χ4n) is 3.64. The highest BCUT2D eigenvalue weighted by molar-refractivity contribution is 5.75. The van der Waals surface area contributed by atoms with Crippen molar-refractivity contribution < 1.29 is 94.5 Å². The second-order valence-electron chi connectivity index (χ2n) is 16.5. The maximum Gasteiger partial charge on any atom is 0.323 e. The van der Waals surface area contributed by atoms with Crippen LogP contribution in [-0.4, -0.2) is 172 Å². The first-order valence-corrected chi connectivity index (χ1v) is 21.6. The number of carboxylic acids is 8. The van der Waals surface area contributed by atoms with Gasteiger partial charge in [0.05, 0.1) is 19.3 Å². The highest BCUT2D eigenvalue weighted by atomic mass is 16.4. The summed E-state index contributed by atoms with van der Waals surface area (Å²) in [4.78, 5) is 80.0. The number of aliphatic carboxylic acids is 8. The Morgan fingerprint density at radius 2 is 0.671 bits per heavy atom. The van der Waals surface area contributed by atoms with Crippen molar-refractivity contribution in [2.24, 2.45) is 69.5 Å². The van der Waals surface area contributed by atoms with E-state index >= 15 is 0 Å². The topological polar surface area (TPSA) is 567 Å². The third-order valence-corrected chi connectivity index (χ3v) is 8.12. The van der Waals surface area contributed by atoms with Gasteiger partial charge < -0.3 is 102 Å². The van der Waals surface area contributed by atoms with Crippen LogP contribution in [0.4, 0.5) is 0 Å². The van der Waals surface area contributed by atoms with Crippen molar-refractivity contribution in [2.75, 3.05) is 13.2 Å². The van der Waals surface area contributed by atoms with Gasteiger partial charge in [-0.15, -0.1) is 0 Å². The zero-order valence-electron chi connectivity index (χ0n) is 41.6. The average molecular weight is 1020 g/mol. The van der Waals surface area contributed by atoms with Gasteiger partial charge in [0.25, 0.3) is 0 Å². The lowest BCUT2D eigenvalue weighted by Crippen LogP contribution is -2.39. The number of nitrogens with two attached hydrogens (primary N) is 8. The molecule has 0 aromatic heterocycles. The van der Waals surface area contributed by atoms with Crippen LogP contribution in [0.2, 0.25) is 0 Å². The van der Waals surface area contributed by atoms with Crippen molar-refractivity contribution in [1.29, 1.82) is 0 Å². The van der Waals surface area contributed by atoms with Gasteiger partial charge in [0.15, 0.2) is 0 Å². The lowest BCUT2D eigenvalue weighted by molar-refractivity contribution is -0.141. The maximum absolute atomic E-state index is 10.4.